The van der Waals surface area contributed by atoms with Crippen LogP contribution < -0.4 is 15.8 Å². The van der Waals surface area contributed by atoms with E-state index >= 15 is 0 Å². The van der Waals surface area contributed by atoms with Gasteiger partial charge in [0.15, 0.2) is 0 Å². The van der Waals surface area contributed by atoms with Gasteiger partial charge in [0, 0.05) is 26.3 Å². The van der Waals surface area contributed by atoms with Gasteiger partial charge in [0.05, 0.1) is 30.1 Å². The van der Waals surface area contributed by atoms with Gasteiger partial charge in [-0.1, -0.05) is 0 Å². The number of halogens is 3. The summed E-state index contributed by atoms with van der Waals surface area (Å²) in [6.07, 6.45) is -2.67. The largest absolute Gasteiger partial charge is 0.416 e. The number of nitrogens with one attached hydrogen (secondary N) is 1. The van der Waals surface area contributed by atoms with Gasteiger partial charge in [-0.2, -0.15) is 18.3 Å². The molecule has 1 amide bonds. The van der Waals surface area contributed by atoms with Crippen molar-refractivity contribution >= 4 is 17.3 Å². The van der Waals surface area contributed by atoms with Crippen LogP contribution in [-0.2, 0) is 17.5 Å². The van der Waals surface area contributed by atoms with E-state index in [2.05, 4.69) is 10.4 Å². The van der Waals surface area contributed by atoms with Crippen LogP contribution in [0.25, 0.3) is 0 Å². The first-order valence-corrected chi connectivity index (χ1v) is 9.14. The molecule has 10 heteroatoms. The van der Waals surface area contributed by atoms with E-state index in [0.717, 1.165) is 29.7 Å². The normalized spacial score (nSPS) is 14.3. The maximum absolute atomic E-state index is 13.2. The van der Waals surface area contributed by atoms with E-state index in [1.165, 1.54) is 25.3 Å². The summed E-state index contributed by atoms with van der Waals surface area (Å²) in [7, 11) is 1.47. The number of nitrogens with zero attached hydrogens (tertiary/aromatic N) is 3. The maximum atomic E-state index is 13.2. The van der Waals surface area contributed by atoms with Crippen LogP contribution >= 0.6 is 0 Å². The molecule has 0 radical (unpaired) electrons. The van der Waals surface area contributed by atoms with Gasteiger partial charge in [-0.25, -0.2) is 4.68 Å². The monoisotopic (exact) mass is 410 g/mol. The second kappa shape index (κ2) is 8.64. The minimum atomic E-state index is -4.53. The topological polar surface area (TPSA) is 76.5 Å². The molecule has 7 nitrogen and oxygen atoms in total. The van der Waals surface area contributed by atoms with Crippen molar-refractivity contribution in [2.75, 3.05) is 37.0 Å². The minimum absolute atomic E-state index is 0.0585. The zero-order valence-corrected chi connectivity index (χ0v) is 15.8. The number of hydrogen-bond acceptors (Lipinski definition) is 5. The predicted molar refractivity (Wildman–Crippen MR) is 101 cm³/mol. The smallest absolute Gasteiger partial charge is 0.383 e. The van der Waals surface area contributed by atoms with E-state index in [4.69, 9.17) is 4.74 Å². The fraction of sp³-hybridized carbons (Fsp3) is 0.421. The van der Waals surface area contributed by atoms with Crippen molar-refractivity contribution in [1.29, 1.82) is 0 Å². The number of rotatable bonds is 6. The zero-order valence-electron chi connectivity index (χ0n) is 15.8. The molecule has 2 heterocycles. The van der Waals surface area contributed by atoms with Crippen molar-refractivity contribution in [3.8, 4) is 0 Å². The Kier molecular flexibility index (Phi) is 6.21. The molecule has 1 aromatic heterocycles. The van der Waals surface area contributed by atoms with Gasteiger partial charge in [0.1, 0.15) is 5.69 Å². The van der Waals surface area contributed by atoms with Gasteiger partial charge in [-0.3, -0.25) is 9.59 Å². The Hall–Kier alpha value is -2.88. The van der Waals surface area contributed by atoms with E-state index in [1.54, 1.807) is 0 Å². The third kappa shape index (κ3) is 4.94. The van der Waals surface area contributed by atoms with Crippen LogP contribution in [0.4, 0.5) is 24.5 Å². The molecule has 0 aliphatic carbocycles. The first-order chi connectivity index (χ1) is 13.8. The number of carbonyl (C=O) groups excluding carboxylic acids is 1. The fourth-order valence-corrected chi connectivity index (χ4v) is 3.14. The standard InChI is InChI=1S/C19H21F3N4O3/c1-29-11-10-26-17(27)7-5-14(24-26)18(28)23-15-12-13(19(20,21)22)4-6-16(15)25-8-2-3-9-25/h4-7,12H,2-3,8-11H2,1H3,(H,23,28). The van der Waals surface area contributed by atoms with Crippen LogP contribution in [0.15, 0.2) is 35.1 Å². The van der Waals surface area contributed by atoms with Crippen LogP contribution in [0.1, 0.15) is 28.9 Å². The molecule has 0 atom stereocenters. The van der Waals surface area contributed by atoms with Crippen molar-refractivity contribution in [2.24, 2.45) is 0 Å². The Morgan fingerprint density at radius 2 is 1.93 bits per heavy atom. The number of hydrogen-bond donors (Lipinski definition) is 1. The van der Waals surface area contributed by atoms with Gasteiger partial charge in [0.2, 0.25) is 0 Å². The average molecular weight is 410 g/mol. The second-order valence-electron chi connectivity index (χ2n) is 6.65. The Morgan fingerprint density at radius 3 is 2.59 bits per heavy atom. The molecule has 1 aliphatic rings. The lowest BCUT2D eigenvalue weighted by Crippen LogP contribution is -2.28. The van der Waals surface area contributed by atoms with Gasteiger partial charge in [0.25, 0.3) is 11.5 Å². The molecule has 2 aromatic rings. The van der Waals surface area contributed by atoms with Gasteiger partial charge < -0.3 is 15.0 Å². The Labute approximate surface area is 165 Å². The molecule has 0 bridgehead atoms. The summed E-state index contributed by atoms with van der Waals surface area (Å²) < 4.78 is 45.5. The van der Waals surface area contributed by atoms with E-state index in [9.17, 15) is 22.8 Å². The van der Waals surface area contributed by atoms with Gasteiger partial charge in [-0.15, -0.1) is 0 Å². The molecule has 1 N–H and O–H groups in total. The summed E-state index contributed by atoms with van der Waals surface area (Å²) in [5, 5.41) is 6.51. The lowest BCUT2D eigenvalue weighted by Gasteiger charge is -2.23. The molecule has 0 unspecified atom stereocenters. The van der Waals surface area contributed by atoms with Gasteiger partial charge >= 0.3 is 6.18 Å². The van der Waals surface area contributed by atoms with Crippen molar-refractivity contribution in [2.45, 2.75) is 25.6 Å². The number of methoxy groups -OCH3 is 1. The first-order valence-electron chi connectivity index (χ1n) is 9.14. The van der Waals surface area contributed by atoms with Gasteiger partial charge in [-0.05, 0) is 37.1 Å². The summed E-state index contributed by atoms with van der Waals surface area (Å²) in [5.74, 6) is -0.698. The summed E-state index contributed by atoms with van der Waals surface area (Å²) in [4.78, 5) is 26.4. The second-order valence-corrected chi connectivity index (χ2v) is 6.65. The van der Waals surface area contributed by atoms with Crippen LogP contribution in [0.2, 0.25) is 0 Å². The van der Waals surface area contributed by atoms with E-state index in [0.29, 0.717) is 18.8 Å². The number of aromatic nitrogens is 2. The molecule has 156 valence electrons. The number of amides is 1. The number of alkyl halides is 3. The molecule has 3 rings (SSSR count). The molecule has 0 saturated carbocycles. The zero-order chi connectivity index (χ0) is 21.0. The number of benzene rings is 1. The third-order valence-corrected chi connectivity index (χ3v) is 4.63. The van der Waals surface area contributed by atoms with Crippen molar-refractivity contribution < 1.29 is 22.7 Å². The Morgan fingerprint density at radius 1 is 1.21 bits per heavy atom. The number of carbonyl (C=O) groups is 1. The maximum Gasteiger partial charge on any atom is 0.416 e. The third-order valence-electron chi connectivity index (χ3n) is 4.63. The molecular formula is C19H21F3N4O3. The highest BCUT2D eigenvalue weighted by molar-refractivity contribution is 6.04. The number of ether oxygens (including phenoxy) is 1. The predicted octanol–water partition coefficient (Wildman–Crippen LogP) is 2.76. The summed E-state index contributed by atoms with van der Waals surface area (Å²) in [6, 6.07) is 5.73. The molecular weight excluding hydrogens is 389 g/mol. The van der Waals surface area contributed by atoms with E-state index in [-0.39, 0.29) is 24.5 Å². The van der Waals surface area contributed by atoms with Crippen LogP contribution in [0.3, 0.4) is 0 Å². The first kappa shape index (κ1) is 20.8. The molecule has 1 fully saturated rings. The molecule has 1 aliphatic heterocycles. The summed E-state index contributed by atoms with van der Waals surface area (Å²) >= 11 is 0. The molecule has 1 aromatic carbocycles. The average Bonchev–Trinajstić information content (AvgIpc) is 3.21. The molecule has 1 saturated heterocycles. The SMILES string of the molecule is COCCn1nc(C(=O)Nc2cc(C(F)(F)F)ccc2N2CCCC2)ccc1=O. The van der Waals surface area contributed by atoms with E-state index < -0.39 is 23.2 Å². The fourth-order valence-electron chi connectivity index (χ4n) is 3.14. The van der Waals surface area contributed by atoms with Crippen molar-refractivity contribution in [3.05, 3.63) is 51.9 Å². The Bertz CT molecular complexity index is 937. The van der Waals surface area contributed by atoms with Crippen molar-refractivity contribution in [3.63, 3.8) is 0 Å². The summed E-state index contributed by atoms with van der Waals surface area (Å²) in [5.41, 5.74) is -0.755. The van der Waals surface area contributed by atoms with Crippen LogP contribution in [0.5, 0.6) is 0 Å². The summed E-state index contributed by atoms with van der Waals surface area (Å²) in [6.45, 7) is 1.78. The van der Waals surface area contributed by atoms with Crippen LogP contribution in [0, 0.1) is 0 Å². The number of anilines is 2. The lowest BCUT2D eigenvalue weighted by atomic mass is 10.1. The highest BCUT2D eigenvalue weighted by atomic mass is 19.4. The van der Waals surface area contributed by atoms with E-state index in [1.807, 2.05) is 4.90 Å². The Balaban J connectivity index is 1.91. The van der Waals surface area contributed by atoms with Crippen molar-refractivity contribution in [1.82, 2.24) is 9.78 Å². The van der Waals surface area contributed by atoms with Crippen LogP contribution in [-0.4, -0.2) is 42.5 Å². The molecule has 0 spiro atoms. The lowest BCUT2D eigenvalue weighted by molar-refractivity contribution is -0.137. The molecule has 29 heavy (non-hydrogen) atoms. The highest BCUT2D eigenvalue weighted by Crippen LogP contribution is 2.36. The highest BCUT2D eigenvalue weighted by Gasteiger charge is 2.32. The minimum Gasteiger partial charge on any atom is -0.383 e. The quantitative estimate of drug-likeness (QED) is 0.793.